The van der Waals surface area contributed by atoms with Gasteiger partial charge in [-0.15, -0.1) is 0 Å². The van der Waals surface area contributed by atoms with Gasteiger partial charge in [0.15, 0.2) is 11.2 Å². The molecule has 14 nitrogen and oxygen atoms in total. The molecule has 5 aromatic carbocycles. The Labute approximate surface area is 364 Å². The van der Waals surface area contributed by atoms with E-state index in [0.717, 1.165) is 33.4 Å². The number of aliphatic hydroxyl groups excluding tert-OH is 1. The normalized spacial score (nSPS) is 16.9. The Kier molecular flexibility index (Phi) is 11.1. The van der Waals surface area contributed by atoms with Crippen LogP contribution >= 0.6 is 0 Å². The molecule has 1 saturated heterocycles. The number of benzene rings is 5. The smallest absolute Gasteiger partial charge is 0.280 e. The van der Waals surface area contributed by atoms with Crippen LogP contribution in [0.4, 0.5) is 17.6 Å². The average molecular weight is 846 g/mol. The van der Waals surface area contributed by atoms with Crippen LogP contribution in [0.5, 0.6) is 11.5 Å². The number of ether oxygens (including phenoxy) is 4. The standard InChI is InChI=1S/C49H47N7O7/c1-30(57)55(36-19-24-40-32(26-36)25-31-11-9-10-14-39(31)40)48-51-44-45(52-47(53-46(44)59)50-29-54(2)3)56(48)43-27-41(58)42(63-43)28-62-49(33-12-7-6-8-13-33,34-15-20-37(60-4)21-16-34)35-17-22-38(61-5)23-18-35/h6-24,26,29,41-43,58H,25,27-28H2,1-5H3,(H,52,53,59)/b50-29+/t41-,42+,43+/m0/s1. The van der Waals surface area contributed by atoms with Gasteiger partial charge in [-0.2, -0.15) is 4.98 Å². The molecular weight excluding hydrogens is 799 g/mol. The fourth-order valence-corrected chi connectivity index (χ4v) is 8.63. The number of nitrogens with zero attached hydrogens (tertiary/aromatic N) is 6. The summed E-state index contributed by atoms with van der Waals surface area (Å²) in [4.78, 5) is 47.4. The first-order valence-electron chi connectivity index (χ1n) is 20.6. The van der Waals surface area contributed by atoms with Crippen LogP contribution < -0.4 is 19.9 Å². The number of fused-ring (bicyclic) bond motifs is 4. The minimum Gasteiger partial charge on any atom is -0.497 e. The molecule has 63 heavy (non-hydrogen) atoms. The Bertz CT molecular complexity index is 2830. The number of aromatic nitrogens is 4. The van der Waals surface area contributed by atoms with Crippen LogP contribution in [-0.4, -0.2) is 88.9 Å². The molecule has 1 amide bonds. The van der Waals surface area contributed by atoms with E-state index in [0.29, 0.717) is 23.6 Å². The number of hydrogen-bond donors (Lipinski definition) is 2. The van der Waals surface area contributed by atoms with Gasteiger partial charge in [-0.1, -0.05) is 84.9 Å². The summed E-state index contributed by atoms with van der Waals surface area (Å²) in [6, 6.07) is 39.3. The summed E-state index contributed by atoms with van der Waals surface area (Å²) in [6.07, 6.45) is -0.583. The summed E-state index contributed by atoms with van der Waals surface area (Å²) in [5.74, 6) is 1.15. The maximum Gasteiger partial charge on any atom is 0.280 e. The van der Waals surface area contributed by atoms with Gasteiger partial charge >= 0.3 is 0 Å². The molecule has 2 aliphatic rings. The third-order valence-corrected chi connectivity index (χ3v) is 11.6. The number of anilines is 2. The van der Waals surface area contributed by atoms with Crippen molar-refractivity contribution in [3.8, 4) is 22.6 Å². The fourth-order valence-electron chi connectivity index (χ4n) is 8.63. The van der Waals surface area contributed by atoms with Gasteiger partial charge in [0.25, 0.3) is 5.56 Å². The molecule has 9 rings (SSSR count). The Morgan fingerprint density at radius 2 is 1.51 bits per heavy atom. The van der Waals surface area contributed by atoms with Crippen LogP contribution in [0.1, 0.15) is 47.4 Å². The molecule has 320 valence electrons. The number of carbonyl (C=O) groups excluding carboxylic acids is 1. The number of carbonyl (C=O) groups is 1. The van der Waals surface area contributed by atoms with Crippen molar-refractivity contribution in [1.29, 1.82) is 0 Å². The van der Waals surface area contributed by atoms with E-state index in [1.165, 1.54) is 23.7 Å². The van der Waals surface area contributed by atoms with Crippen molar-refractivity contribution in [2.75, 3.05) is 39.8 Å². The number of aromatic amines is 1. The van der Waals surface area contributed by atoms with Gasteiger partial charge in [0.2, 0.25) is 17.8 Å². The van der Waals surface area contributed by atoms with Crippen LogP contribution in [0.3, 0.4) is 0 Å². The van der Waals surface area contributed by atoms with Crippen LogP contribution in [0.2, 0.25) is 0 Å². The highest BCUT2D eigenvalue weighted by atomic mass is 16.6. The second-order valence-electron chi connectivity index (χ2n) is 15.8. The van der Waals surface area contributed by atoms with E-state index < -0.39 is 29.6 Å². The molecule has 3 atom stereocenters. The van der Waals surface area contributed by atoms with Gasteiger partial charge in [0.05, 0.1) is 39.0 Å². The molecule has 1 aliphatic carbocycles. The molecule has 0 saturated carbocycles. The number of amides is 1. The van der Waals surface area contributed by atoms with E-state index >= 15 is 0 Å². The number of rotatable bonds is 13. The minimum absolute atomic E-state index is 0.0199. The molecule has 0 unspecified atom stereocenters. The molecular formula is C49H47N7O7. The highest BCUT2D eigenvalue weighted by Crippen LogP contribution is 2.45. The van der Waals surface area contributed by atoms with Crippen LogP contribution in [0.15, 0.2) is 131 Å². The highest BCUT2D eigenvalue weighted by Gasteiger charge is 2.43. The van der Waals surface area contributed by atoms with Crippen molar-refractivity contribution in [1.82, 2.24) is 24.4 Å². The number of nitrogens with one attached hydrogen (secondary N) is 1. The van der Waals surface area contributed by atoms with Gasteiger partial charge in [0.1, 0.15) is 29.4 Å². The zero-order valence-corrected chi connectivity index (χ0v) is 35.6. The third-order valence-electron chi connectivity index (χ3n) is 11.6. The second-order valence-corrected chi connectivity index (χ2v) is 15.8. The topological polar surface area (TPSA) is 157 Å². The molecule has 0 radical (unpaired) electrons. The molecule has 7 aromatic rings. The Morgan fingerprint density at radius 3 is 2.16 bits per heavy atom. The van der Waals surface area contributed by atoms with Crippen LogP contribution in [0, 0.1) is 0 Å². The molecule has 2 aromatic heterocycles. The second kappa shape index (κ2) is 17.0. The molecule has 3 heterocycles. The van der Waals surface area contributed by atoms with E-state index in [-0.39, 0.29) is 42.0 Å². The summed E-state index contributed by atoms with van der Waals surface area (Å²) in [6.45, 7) is 1.37. The Hall–Kier alpha value is -7.13. The van der Waals surface area contributed by atoms with Crippen molar-refractivity contribution in [2.45, 2.75) is 43.8 Å². The van der Waals surface area contributed by atoms with E-state index in [1.54, 1.807) is 37.8 Å². The summed E-state index contributed by atoms with van der Waals surface area (Å²) in [7, 11) is 6.84. The molecule has 1 fully saturated rings. The minimum atomic E-state index is -1.18. The predicted molar refractivity (Wildman–Crippen MR) is 240 cm³/mol. The lowest BCUT2D eigenvalue weighted by molar-refractivity contribution is -0.116. The molecule has 0 spiro atoms. The number of aliphatic hydroxyl groups is 1. The number of imidazole rings is 1. The first kappa shape index (κ1) is 41.2. The van der Waals surface area contributed by atoms with Gasteiger partial charge in [-0.3, -0.25) is 24.0 Å². The first-order chi connectivity index (χ1) is 30.6. The van der Waals surface area contributed by atoms with Crippen molar-refractivity contribution >= 4 is 41.0 Å². The van der Waals surface area contributed by atoms with E-state index in [1.807, 2.05) is 109 Å². The summed E-state index contributed by atoms with van der Waals surface area (Å²) in [5, 5.41) is 11.9. The monoisotopic (exact) mass is 845 g/mol. The lowest BCUT2D eigenvalue weighted by Crippen LogP contribution is -2.38. The molecule has 14 heteroatoms. The summed E-state index contributed by atoms with van der Waals surface area (Å²) in [5.41, 5.74) is 5.91. The van der Waals surface area contributed by atoms with Crippen molar-refractivity contribution in [3.05, 3.63) is 159 Å². The Balaban J connectivity index is 1.13. The SMILES string of the molecule is COc1ccc(C(OC[C@H]2O[C@@H](n3c(N(C(C)=O)c4ccc5c(c4)Cc4ccccc4-5)nc4c(=O)[nH]c(/N=C/N(C)C)nc43)C[C@@H]2O)(c2ccccc2)c2ccc(OC)cc2)cc1. The predicted octanol–water partition coefficient (Wildman–Crippen LogP) is 7.27. The molecule has 1 aliphatic heterocycles. The van der Waals surface area contributed by atoms with Crippen LogP contribution in [-0.2, 0) is 26.3 Å². The number of methoxy groups -OCH3 is 2. The maximum atomic E-state index is 13.9. The third kappa shape index (κ3) is 7.62. The van der Waals surface area contributed by atoms with Gasteiger partial charge in [-0.25, -0.2) is 9.98 Å². The Morgan fingerprint density at radius 1 is 0.873 bits per heavy atom. The summed E-state index contributed by atoms with van der Waals surface area (Å²) < 4.78 is 26.6. The van der Waals surface area contributed by atoms with Crippen molar-refractivity contribution in [3.63, 3.8) is 0 Å². The lowest BCUT2D eigenvalue weighted by Gasteiger charge is -2.37. The number of aliphatic imine (C=N–C) groups is 1. The van der Waals surface area contributed by atoms with Gasteiger partial charge < -0.3 is 29.0 Å². The van der Waals surface area contributed by atoms with Crippen molar-refractivity contribution < 1.29 is 28.8 Å². The quantitative estimate of drug-likeness (QED) is 0.0688. The largest absolute Gasteiger partial charge is 0.497 e. The number of hydrogen-bond acceptors (Lipinski definition) is 10. The van der Waals surface area contributed by atoms with Gasteiger partial charge in [0, 0.05) is 27.4 Å². The fraction of sp³-hybridized carbons (Fsp3) is 0.245. The van der Waals surface area contributed by atoms with E-state index in [9.17, 15) is 14.7 Å². The van der Waals surface area contributed by atoms with E-state index in [2.05, 4.69) is 22.1 Å². The van der Waals surface area contributed by atoms with Crippen molar-refractivity contribution in [2.24, 2.45) is 4.99 Å². The maximum absolute atomic E-state index is 13.9. The van der Waals surface area contributed by atoms with Gasteiger partial charge in [-0.05, 0) is 81.8 Å². The average Bonchev–Trinajstić information content (AvgIpc) is 3.99. The summed E-state index contributed by atoms with van der Waals surface area (Å²) >= 11 is 0. The molecule has 0 bridgehead atoms. The zero-order valence-electron chi connectivity index (χ0n) is 35.6. The number of H-pyrrole nitrogens is 1. The first-order valence-corrected chi connectivity index (χ1v) is 20.6. The lowest BCUT2D eigenvalue weighted by atomic mass is 9.80. The van der Waals surface area contributed by atoms with Crippen LogP contribution in [0.25, 0.3) is 22.3 Å². The highest BCUT2D eigenvalue weighted by molar-refractivity contribution is 5.99. The van der Waals surface area contributed by atoms with E-state index in [4.69, 9.17) is 28.9 Å². The zero-order chi connectivity index (χ0) is 43.8. The molecule has 2 N–H and O–H groups in total.